The Morgan fingerprint density at radius 3 is 2.80 bits per heavy atom. The number of nitrogens with one attached hydrogen (secondary N) is 2. The lowest BCUT2D eigenvalue weighted by Gasteiger charge is -2.20. The Labute approximate surface area is 121 Å². The molecule has 0 radical (unpaired) electrons. The number of hydrogen-bond donors (Lipinski definition) is 2. The van der Waals surface area contributed by atoms with Crippen molar-refractivity contribution in [3.8, 4) is 0 Å². The molecule has 1 unspecified atom stereocenters. The summed E-state index contributed by atoms with van der Waals surface area (Å²) in [6, 6.07) is -0.517. The molecule has 2 aromatic heterocycles. The first-order valence-electron chi connectivity index (χ1n) is 6.43. The van der Waals surface area contributed by atoms with Gasteiger partial charge in [0.05, 0.1) is 12.2 Å². The number of carbonyl (C=O) groups excluding carboxylic acids is 2. The van der Waals surface area contributed by atoms with Crippen LogP contribution in [0.3, 0.4) is 0 Å². The molecule has 108 valence electrons. The number of amides is 2. The van der Waals surface area contributed by atoms with Gasteiger partial charge in [-0.25, -0.2) is 4.98 Å². The summed E-state index contributed by atoms with van der Waals surface area (Å²) in [5.74, 6) is -0.364. The SMILES string of the molecule is CC(=O)NC(C(=O)NCc1cn2ccsc2n1)C(C)C. The highest BCUT2D eigenvalue weighted by Gasteiger charge is 2.22. The molecule has 2 N–H and O–H groups in total. The summed E-state index contributed by atoms with van der Waals surface area (Å²) < 4.78 is 1.92. The first kappa shape index (κ1) is 14.5. The molecule has 0 aliphatic heterocycles. The molecule has 20 heavy (non-hydrogen) atoms. The van der Waals surface area contributed by atoms with Crippen molar-refractivity contribution >= 4 is 28.1 Å². The fourth-order valence-corrected chi connectivity index (χ4v) is 2.62. The summed E-state index contributed by atoms with van der Waals surface area (Å²) in [6.45, 7) is 5.56. The number of fused-ring (bicyclic) bond motifs is 1. The van der Waals surface area contributed by atoms with E-state index in [1.165, 1.54) is 6.92 Å². The Kier molecular flexibility index (Phi) is 4.39. The maximum Gasteiger partial charge on any atom is 0.243 e. The fraction of sp³-hybridized carbons (Fsp3) is 0.462. The van der Waals surface area contributed by atoms with E-state index in [0.717, 1.165) is 10.7 Å². The average Bonchev–Trinajstić information content (AvgIpc) is 2.92. The molecule has 7 heteroatoms. The van der Waals surface area contributed by atoms with E-state index >= 15 is 0 Å². The monoisotopic (exact) mass is 294 g/mol. The number of carbonyl (C=O) groups is 2. The number of imidazole rings is 1. The molecule has 0 saturated carbocycles. The lowest BCUT2D eigenvalue weighted by atomic mass is 10.0. The number of hydrogen-bond acceptors (Lipinski definition) is 4. The van der Waals surface area contributed by atoms with Gasteiger partial charge in [0.15, 0.2) is 4.96 Å². The van der Waals surface area contributed by atoms with E-state index < -0.39 is 6.04 Å². The predicted octanol–water partition coefficient (Wildman–Crippen LogP) is 1.17. The average molecular weight is 294 g/mol. The lowest BCUT2D eigenvalue weighted by molar-refractivity contribution is -0.129. The van der Waals surface area contributed by atoms with E-state index in [2.05, 4.69) is 15.6 Å². The number of rotatable bonds is 5. The van der Waals surface area contributed by atoms with Gasteiger partial charge in [0.1, 0.15) is 6.04 Å². The first-order valence-corrected chi connectivity index (χ1v) is 7.31. The molecule has 6 nitrogen and oxygen atoms in total. The Balaban J connectivity index is 1.96. The molecule has 2 heterocycles. The van der Waals surface area contributed by atoms with Gasteiger partial charge >= 0.3 is 0 Å². The second-order valence-corrected chi connectivity index (χ2v) is 5.84. The van der Waals surface area contributed by atoms with Gasteiger partial charge in [0.2, 0.25) is 11.8 Å². The molecule has 0 aliphatic carbocycles. The van der Waals surface area contributed by atoms with E-state index in [1.807, 2.05) is 36.0 Å². The van der Waals surface area contributed by atoms with E-state index in [1.54, 1.807) is 11.3 Å². The highest BCUT2D eigenvalue weighted by atomic mass is 32.1. The third kappa shape index (κ3) is 3.36. The van der Waals surface area contributed by atoms with E-state index in [0.29, 0.717) is 6.54 Å². The van der Waals surface area contributed by atoms with Crippen LogP contribution in [0.5, 0.6) is 0 Å². The molecular weight excluding hydrogens is 276 g/mol. The largest absolute Gasteiger partial charge is 0.349 e. The van der Waals surface area contributed by atoms with Crippen LogP contribution in [0.25, 0.3) is 4.96 Å². The van der Waals surface area contributed by atoms with Gasteiger partial charge in [-0.3, -0.25) is 14.0 Å². The molecule has 0 fully saturated rings. The van der Waals surface area contributed by atoms with Gasteiger partial charge in [0, 0.05) is 24.7 Å². The molecule has 2 amide bonds. The van der Waals surface area contributed by atoms with Crippen LogP contribution in [0.15, 0.2) is 17.8 Å². The molecule has 0 aliphatic rings. The summed E-state index contributed by atoms with van der Waals surface area (Å²) in [5.41, 5.74) is 0.801. The van der Waals surface area contributed by atoms with Crippen molar-refractivity contribution < 1.29 is 9.59 Å². The summed E-state index contributed by atoms with van der Waals surface area (Å²) in [6.07, 6.45) is 3.81. The van der Waals surface area contributed by atoms with Crippen LogP contribution >= 0.6 is 11.3 Å². The summed E-state index contributed by atoms with van der Waals surface area (Å²) >= 11 is 1.54. The Hall–Kier alpha value is -1.89. The third-order valence-electron chi connectivity index (χ3n) is 2.89. The molecule has 1 atom stereocenters. The second kappa shape index (κ2) is 6.04. The van der Waals surface area contributed by atoms with E-state index in [-0.39, 0.29) is 17.7 Å². The molecule has 0 spiro atoms. The van der Waals surface area contributed by atoms with Crippen LogP contribution in [0.1, 0.15) is 26.5 Å². The van der Waals surface area contributed by atoms with Crippen molar-refractivity contribution in [2.45, 2.75) is 33.4 Å². The summed E-state index contributed by atoms with van der Waals surface area (Å²) in [7, 11) is 0. The second-order valence-electron chi connectivity index (χ2n) is 4.97. The minimum Gasteiger partial charge on any atom is -0.349 e. The third-order valence-corrected chi connectivity index (χ3v) is 3.67. The summed E-state index contributed by atoms with van der Waals surface area (Å²) in [5, 5.41) is 7.43. The molecular formula is C13H18N4O2S. The first-order chi connectivity index (χ1) is 9.47. The van der Waals surface area contributed by atoms with Crippen molar-refractivity contribution in [2.75, 3.05) is 0 Å². The highest BCUT2D eigenvalue weighted by Crippen LogP contribution is 2.11. The Morgan fingerprint density at radius 1 is 1.45 bits per heavy atom. The standard InChI is InChI=1S/C13H18N4O2S/c1-8(2)11(15-9(3)18)12(19)14-6-10-7-17-4-5-20-13(17)16-10/h4-5,7-8,11H,6H2,1-3H3,(H,14,19)(H,15,18). The van der Waals surface area contributed by atoms with Gasteiger partial charge in [-0.05, 0) is 5.92 Å². The minimum atomic E-state index is -0.517. The highest BCUT2D eigenvalue weighted by molar-refractivity contribution is 7.15. The van der Waals surface area contributed by atoms with E-state index in [4.69, 9.17) is 0 Å². The molecule has 0 aromatic carbocycles. The van der Waals surface area contributed by atoms with Crippen LogP contribution < -0.4 is 10.6 Å². The minimum absolute atomic E-state index is 0.0318. The lowest BCUT2D eigenvalue weighted by Crippen LogP contribution is -2.48. The molecule has 2 rings (SSSR count). The molecule has 0 saturated heterocycles. The van der Waals surface area contributed by atoms with Gasteiger partial charge in [0.25, 0.3) is 0 Å². The van der Waals surface area contributed by atoms with Crippen LogP contribution in [-0.4, -0.2) is 27.2 Å². The van der Waals surface area contributed by atoms with Crippen molar-refractivity contribution in [1.82, 2.24) is 20.0 Å². The topological polar surface area (TPSA) is 75.5 Å². The zero-order chi connectivity index (χ0) is 14.7. The van der Waals surface area contributed by atoms with Crippen molar-refractivity contribution in [3.05, 3.63) is 23.5 Å². The van der Waals surface area contributed by atoms with Gasteiger partial charge < -0.3 is 10.6 Å². The van der Waals surface area contributed by atoms with E-state index in [9.17, 15) is 9.59 Å². The van der Waals surface area contributed by atoms with Crippen molar-refractivity contribution in [2.24, 2.45) is 5.92 Å². The quantitative estimate of drug-likeness (QED) is 0.869. The molecule has 2 aromatic rings. The van der Waals surface area contributed by atoms with Crippen LogP contribution in [0.4, 0.5) is 0 Å². The number of thiazole rings is 1. The van der Waals surface area contributed by atoms with Crippen LogP contribution in [0, 0.1) is 5.92 Å². The Morgan fingerprint density at radius 2 is 2.20 bits per heavy atom. The fourth-order valence-electron chi connectivity index (χ4n) is 1.90. The van der Waals surface area contributed by atoms with Gasteiger partial charge in [-0.15, -0.1) is 11.3 Å². The van der Waals surface area contributed by atoms with Crippen LogP contribution in [0.2, 0.25) is 0 Å². The number of nitrogens with zero attached hydrogens (tertiary/aromatic N) is 2. The Bertz CT molecular complexity index is 588. The maximum absolute atomic E-state index is 12.1. The normalized spacial score (nSPS) is 12.6. The van der Waals surface area contributed by atoms with Crippen molar-refractivity contribution in [1.29, 1.82) is 0 Å². The smallest absolute Gasteiger partial charge is 0.243 e. The van der Waals surface area contributed by atoms with Gasteiger partial charge in [-0.2, -0.15) is 0 Å². The zero-order valence-corrected chi connectivity index (χ0v) is 12.5. The zero-order valence-electron chi connectivity index (χ0n) is 11.7. The number of aromatic nitrogens is 2. The summed E-state index contributed by atoms with van der Waals surface area (Å²) in [4.78, 5) is 28.5. The maximum atomic E-state index is 12.1. The van der Waals surface area contributed by atoms with Gasteiger partial charge in [-0.1, -0.05) is 13.8 Å². The predicted molar refractivity (Wildman–Crippen MR) is 77.4 cm³/mol. The van der Waals surface area contributed by atoms with Crippen molar-refractivity contribution in [3.63, 3.8) is 0 Å². The molecule has 0 bridgehead atoms. The van der Waals surface area contributed by atoms with Crippen LogP contribution in [-0.2, 0) is 16.1 Å².